The lowest BCUT2D eigenvalue weighted by molar-refractivity contribution is 0.219. The molecule has 0 aromatic heterocycles. The maximum atomic E-state index is 6.11. The van der Waals surface area contributed by atoms with E-state index in [-0.39, 0.29) is 0 Å². The second kappa shape index (κ2) is 2.24. The van der Waals surface area contributed by atoms with Crippen molar-refractivity contribution in [1.29, 1.82) is 0 Å². The number of hydrogen-bond acceptors (Lipinski definition) is 2. The van der Waals surface area contributed by atoms with Gasteiger partial charge in [-0.1, -0.05) is 0 Å². The molecule has 0 aliphatic heterocycles. The highest BCUT2D eigenvalue weighted by molar-refractivity contribution is 5.08. The highest BCUT2D eigenvalue weighted by Gasteiger charge is 2.55. The zero-order chi connectivity index (χ0) is 8.29. The Balaban J connectivity index is 1.90. The van der Waals surface area contributed by atoms with Gasteiger partial charge >= 0.3 is 0 Å². The van der Waals surface area contributed by atoms with Gasteiger partial charge in [-0.2, -0.15) is 0 Å². The van der Waals surface area contributed by atoms with Gasteiger partial charge in [0.2, 0.25) is 0 Å². The zero-order valence-corrected chi connectivity index (χ0v) is 7.45. The fourth-order valence-electron chi connectivity index (χ4n) is 4.21. The van der Waals surface area contributed by atoms with E-state index < -0.39 is 0 Å². The Morgan fingerprint density at radius 3 is 2.50 bits per heavy atom. The summed E-state index contributed by atoms with van der Waals surface area (Å²) >= 11 is 0. The maximum Gasteiger partial charge on any atom is 0.00733 e. The van der Waals surface area contributed by atoms with Gasteiger partial charge < -0.3 is 11.5 Å². The molecule has 2 heteroatoms. The SMILES string of the molecule is NC1CC2CC1C1C(N)CCC21. The molecule has 12 heavy (non-hydrogen) atoms. The molecular formula is C10H18N2. The first-order valence-electron chi connectivity index (χ1n) is 5.28. The largest absolute Gasteiger partial charge is 0.327 e. The molecule has 0 heterocycles. The summed E-state index contributed by atoms with van der Waals surface area (Å²) in [6.45, 7) is 0. The van der Waals surface area contributed by atoms with Crippen molar-refractivity contribution in [3.8, 4) is 0 Å². The third-order valence-corrected chi connectivity index (χ3v) is 4.62. The molecule has 3 aliphatic rings. The summed E-state index contributed by atoms with van der Waals surface area (Å²) in [6, 6.07) is 0.969. The van der Waals surface area contributed by atoms with Gasteiger partial charge in [-0.15, -0.1) is 0 Å². The second-order valence-corrected chi connectivity index (χ2v) is 5.04. The summed E-state index contributed by atoms with van der Waals surface area (Å²) in [4.78, 5) is 0. The van der Waals surface area contributed by atoms with Crippen molar-refractivity contribution in [2.45, 2.75) is 37.8 Å². The van der Waals surface area contributed by atoms with Crippen LogP contribution in [0.25, 0.3) is 0 Å². The van der Waals surface area contributed by atoms with Crippen molar-refractivity contribution >= 4 is 0 Å². The topological polar surface area (TPSA) is 52.0 Å². The van der Waals surface area contributed by atoms with Crippen molar-refractivity contribution in [2.24, 2.45) is 35.1 Å². The molecule has 2 nitrogen and oxygen atoms in total. The van der Waals surface area contributed by atoms with Gasteiger partial charge in [-0.25, -0.2) is 0 Å². The Hall–Kier alpha value is -0.0800. The van der Waals surface area contributed by atoms with Crippen LogP contribution in [0.15, 0.2) is 0 Å². The molecule has 0 aromatic rings. The molecular weight excluding hydrogens is 148 g/mol. The Morgan fingerprint density at radius 1 is 0.833 bits per heavy atom. The molecule has 0 spiro atoms. The van der Waals surface area contributed by atoms with E-state index in [0.29, 0.717) is 12.1 Å². The molecule has 3 aliphatic carbocycles. The van der Waals surface area contributed by atoms with Crippen molar-refractivity contribution in [3.05, 3.63) is 0 Å². The van der Waals surface area contributed by atoms with Gasteiger partial charge in [0.25, 0.3) is 0 Å². The minimum Gasteiger partial charge on any atom is -0.327 e. The van der Waals surface area contributed by atoms with Gasteiger partial charge in [-0.3, -0.25) is 0 Å². The third-order valence-electron chi connectivity index (χ3n) is 4.62. The minimum absolute atomic E-state index is 0.483. The number of nitrogens with two attached hydrogens (primary N) is 2. The van der Waals surface area contributed by atoms with Crippen molar-refractivity contribution in [1.82, 2.24) is 0 Å². The maximum absolute atomic E-state index is 6.11. The van der Waals surface area contributed by atoms with Crippen LogP contribution in [0.5, 0.6) is 0 Å². The van der Waals surface area contributed by atoms with Crippen molar-refractivity contribution in [3.63, 3.8) is 0 Å². The van der Waals surface area contributed by atoms with Crippen LogP contribution in [0, 0.1) is 23.7 Å². The van der Waals surface area contributed by atoms with Crippen LogP contribution in [0.3, 0.4) is 0 Å². The van der Waals surface area contributed by atoms with Gasteiger partial charge in [-0.05, 0) is 49.4 Å². The Morgan fingerprint density at radius 2 is 1.67 bits per heavy atom. The summed E-state index contributed by atoms with van der Waals surface area (Å²) in [5.41, 5.74) is 12.2. The van der Waals surface area contributed by atoms with Crippen LogP contribution in [-0.2, 0) is 0 Å². The summed E-state index contributed by atoms with van der Waals surface area (Å²) in [5, 5.41) is 0. The minimum atomic E-state index is 0.483. The van der Waals surface area contributed by atoms with Crippen molar-refractivity contribution in [2.75, 3.05) is 0 Å². The molecule has 6 unspecified atom stereocenters. The van der Waals surface area contributed by atoms with E-state index in [2.05, 4.69) is 0 Å². The predicted octanol–water partition coefficient (Wildman–Crippen LogP) is 0.707. The molecule has 68 valence electrons. The molecule has 0 amide bonds. The highest BCUT2D eigenvalue weighted by Crippen LogP contribution is 2.57. The first-order chi connectivity index (χ1) is 5.77. The Bertz CT molecular complexity index is 204. The summed E-state index contributed by atoms with van der Waals surface area (Å²) < 4.78 is 0. The fraction of sp³-hybridized carbons (Fsp3) is 1.00. The molecule has 3 rings (SSSR count). The summed E-state index contributed by atoms with van der Waals surface area (Å²) in [6.07, 6.45) is 5.33. The fourth-order valence-corrected chi connectivity index (χ4v) is 4.21. The molecule has 4 N–H and O–H groups in total. The van der Waals surface area contributed by atoms with E-state index in [0.717, 1.165) is 23.7 Å². The quantitative estimate of drug-likeness (QED) is 0.557. The summed E-state index contributed by atoms with van der Waals surface area (Å²) in [5.74, 6) is 3.50. The first kappa shape index (κ1) is 7.34. The second-order valence-electron chi connectivity index (χ2n) is 5.04. The van der Waals surface area contributed by atoms with Gasteiger partial charge in [0.15, 0.2) is 0 Å². The van der Waals surface area contributed by atoms with E-state index in [1.807, 2.05) is 0 Å². The number of rotatable bonds is 0. The highest BCUT2D eigenvalue weighted by atomic mass is 14.8. The average Bonchev–Trinajstić information content (AvgIpc) is 2.62. The molecule has 2 bridgehead atoms. The molecule has 0 radical (unpaired) electrons. The smallest absolute Gasteiger partial charge is 0.00733 e. The van der Waals surface area contributed by atoms with Crippen LogP contribution in [0.4, 0.5) is 0 Å². The standard InChI is InChI=1S/C10H18N2/c11-8-2-1-6-5-3-7(10(6)8)9(12)4-5/h5-10H,1-4,11-12H2. The molecule has 0 saturated heterocycles. The van der Waals surface area contributed by atoms with Crippen LogP contribution < -0.4 is 11.5 Å². The van der Waals surface area contributed by atoms with E-state index in [1.54, 1.807) is 0 Å². The third kappa shape index (κ3) is 0.728. The van der Waals surface area contributed by atoms with Gasteiger partial charge in [0.05, 0.1) is 0 Å². The molecule has 0 aromatic carbocycles. The summed E-state index contributed by atoms with van der Waals surface area (Å²) in [7, 11) is 0. The van der Waals surface area contributed by atoms with E-state index in [9.17, 15) is 0 Å². The average molecular weight is 166 g/mol. The lowest BCUT2D eigenvalue weighted by Gasteiger charge is -2.31. The Labute approximate surface area is 73.7 Å². The zero-order valence-electron chi connectivity index (χ0n) is 7.45. The van der Waals surface area contributed by atoms with Crippen LogP contribution in [-0.4, -0.2) is 12.1 Å². The monoisotopic (exact) mass is 166 g/mol. The molecule has 6 atom stereocenters. The molecule has 3 fully saturated rings. The van der Waals surface area contributed by atoms with E-state index in [1.165, 1.54) is 25.7 Å². The lowest BCUT2D eigenvalue weighted by atomic mass is 9.78. The van der Waals surface area contributed by atoms with E-state index in [4.69, 9.17) is 11.5 Å². The van der Waals surface area contributed by atoms with Gasteiger partial charge in [0.1, 0.15) is 0 Å². The van der Waals surface area contributed by atoms with Crippen molar-refractivity contribution < 1.29 is 0 Å². The van der Waals surface area contributed by atoms with Crippen LogP contribution in [0.2, 0.25) is 0 Å². The van der Waals surface area contributed by atoms with Crippen LogP contribution in [0.1, 0.15) is 25.7 Å². The number of fused-ring (bicyclic) bond motifs is 5. The number of hydrogen-bond donors (Lipinski definition) is 2. The normalized spacial score (nSPS) is 62.5. The Kier molecular flexibility index (Phi) is 1.37. The van der Waals surface area contributed by atoms with E-state index >= 15 is 0 Å². The van der Waals surface area contributed by atoms with Gasteiger partial charge in [0, 0.05) is 12.1 Å². The van der Waals surface area contributed by atoms with Crippen LogP contribution >= 0.6 is 0 Å². The first-order valence-corrected chi connectivity index (χ1v) is 5.28. The lowest BCUT2D eigenvalue weighted by Crippen LogP contribution is -2.41. The molecule has 3 saturated carbocycles. The predicted molar refractivity (Wildman–Crippen MR) is 48.4 cm³/mol.